The highest BCUT2D eigenvalue weighted by Crippen LogP contribution is 2.07. The van der Waals surface area contributed by atoms with Crippen molar-refractivity contribution in [2.75, 3.05) is 10.6 Å². The Morgan fingerprint density at radius 3 is 3.15 bits per heavy atom. The summed E-state index contributed by atoms with van der Waals surface area (Å²) >= 11 is 3.84. The maximum atomic E-state index is 11.3. The predicted molar refractivity (Wildman–Crippen MR) is 53.1 cm³/mol. The molecule has 0 saturated heterocycles. The van der Waals surface area contributed by atoms with Crippen molar-refractivity contribution in [1.29, 1.82) is 0 Å². The van der Waals surface area contributed by atoms with E-state index in [1.807, 2.05) is 0 Å². The van der Waals surface area contributed by atoms with Gasteiger partial charge in [0, 0.05) is 6.20 Å². The quantitative estimate of drug-likeness (QED) is 0.472. The number of fused-ring (bicyclic) bond motifs is 1. The molecule has 0 aromatic carbocycles. The van der Waals surface area contributed by atoms with Crippen molar-refractivity contribution in [3.05, 3.63) is 22.6 Å². The van der Waals surface area contributed by atoms with Gasteiger partial charge in [-0.2, -0.15) is 4.98 Å². The van der Waals surface area contributed by atoms with Crippen molar-refractivity contribution in [3.63, 3.8) is 0 Å². The molecule has 0 spiro atoms. The fourth-order valence-electron chi connectivity index (χ4n) is 1.12. The van der Waals surface area contributed by atoms with Crippen LogP contribution in [0.2, 0.25) is 0 Å². The number of thiol groups is 1. The number of nitrogens with two attached hydrogens (primary N) is 1. The molecule has 13 heavy (non-hydrogen) atoms. The van der Waals surface area contributed by atoms with Crippen LogP contribution in [-0.2, 0) is 0 Å². The Bertz CT molecular complexity index is 501. The van der Waals surface area contributed by atoms with E-state index in [0.717, 1.165) is 0 Å². The highest BCUT2D eigenvalue weighted by atomic mass is 32.1. The molecule has 0 aliphatic carbocycles. The summed E-state index contributed by atoms with van der Waals surface area (Å²) in [5.41, 5.74) is 5.57. The van der Waals surface area contributed by atoms with Crippen molar-refractivity contribution in [2.24, 2.45) is 0 Å². The summed E-state index contributed by atoms with van der Waals surface area (Å²) < 4.78 is 1.49. The summed E-state index contributed by atoms with van der Waals surface area (Å²) in [5.74, 6) is 0.0843. The van der Waals surface area contributed by atoms with Gasteiger partial charge in [0.05, 0.1) is 5.39 Å². The number of aromatic amines is 1. The van der Waals surface area contributed by atoms with Crippen LogP contribution in [0.25, 0.3) is 11.0 Å². The molecule has 2 heterocycles. The molecular weight excluding hydrogens is 190 g/mol. The summed E-state index contributed by atoms with van der Waals surface area (Å²) in [4.78, 5) is 20.2. The van der Waals surface area contributed by atoms with Crippen LogP contribution in [0.4, 0.5) is 5.95 Å². The number of hydrogen-bond acceptors (Lipinski definition) is 5. The zero-order chi connectivity index (χ0) is 9.42. The average molecular weight is 197 g/mol. The second kappa shape index (κ2) is 2.70. The number of nitrogen functional groups attached to an aromatic ring is 1. The van der Waals surface area contributed by atoms with Gasteiger partial charge >= 0.3 is 0 Å². The summed E-state index contributed by atoms with van der Waals surface area (Å²) in [6, 6.07) is 1.63. The van der Waals surface area contributed by atoms with Crippen LogP contribution in [0.3, 0.4) is 0 Å². The molecule has 0 unspecified atom stereocenters. The molecule has 0 aliphatic rings. The average Bonchev–Trinajstić information content (AvgIpc) is 2.47. The first-order valence-corrected chi connectivity index (χ1v) is 3.94. The lowest BCUT2D eigenvalue weighted by molar-refractivity contribution is 1.03. The van der Waals surface area contributed by atoms with E-state index in [4.69, 9.17) is 5.73 Å². The molecule has 2 aromatic rings. The van der Waals surface area contributed by atoms with Crippen LogP contribution < -0.4 is 16.1 Å². The van der Waals surface area contributed by atoms with E-state index >= 15 is 0 Å². The normalized spacial score (nSPS) is 10.5. The van der Waals surface area contributed by atoms with Crippen LogP contribution in [0.5, 0.6) is 0 Å². The summed E-state index contributed by atoms with van der Waals surface area (Å²) in [5, 5.41) is 0.468. The fourth-order valence-corrected chi connectivity index (χ4v) is 1.28. The molecule has 4 N–H and O–H groups in total. The first-order valence-electron chi connectivity index (χ1n) is 3.49. The van der Waals surface area contributed by atoms with Gasteiger partial charge in [0.1, 0.15) is 0 Å². The standard InChI is InChI=1S/C6H7N5OS/c7-6-8-4-3(5(12)9-6)1-2-11(4)10-13/h1-2,10,13H,(H3,7,8,9,12). The Morgan fingerprint density at radius 1 is 1.69 bits per heavy atom. The molecule has 0 aliphatic heterocycles. The predicted octanol–water partition coefficient (Wildman–Crippen LogP) is -0.305. The first kappa shape index (κ1) is 7.99. The minimum Gasteiger partial charge on any atom is -0.369 e. The summed E-state index contributed by atoms with van der Waals surface area (Å²) in [6.07, 6.45) is 1.64. The van der Waals surface area contributed by atoms with E-state index in [-0.39, 0.29) is 11.5 Å². The zero-order valence-electron chi connectivity index (χ0n) is 6.48. The maximum absolute atomic E-state index is 11.3. The molecule has 0 atom stereocenters. The lowest BCUT2D eigenvalue weighted by atomic mass is 10.4. The third kappa shape index (κ3) is 1.13. The van der Waals surface area contributed by atoms with E-state index in [9.17, 15) is 4.79 Å². The van der Waals surface area contributed by atoms with Crippen LogP contribution in [0.1, 0.15) is 0 Å². The number of rotatable bonds is 1. The number of H-pyrrole nitrogens is 1. The van der Waals surface area contributed by atoms with Gasteiger partial charge in [0.2, 0.25) is 5.95 Å². The van der Waals surface area contributed by atoms with Crippen molar-refractivity contribution >= 4 is 29.8 Å². The molecule has 0 amide bonds. The number of hydrogen-bond donors (Lipinski definition) is 4. The van der Waals surface area contributed by atoms with Crippen molar-refractivity contribution in [3.8, 4) is 0 Å². The van der Waals surface area contributed by atoms with Crippen LogP contribution in [0.15, 0.2) is 17.1 Å². The lowest BCUT2D eigenvalue weighted by Crippen LogP contribution is -2.12. The Kier molecular flexibility index (Phi) is 1.66. The third-order valence-electron chi connectivity index (χ3n) is 1.68. The molecule has 0 fully saturated rings. The van der Waals surface area contributed by atoms with Gasteiger partial charge in [-0.25, -0.2) is 4.68 Å². The van der Waals surface area contributed by atoms with Gasteiger partial charge in [-0.3, -0.25) is 14.6 Å². The molecular formula is C6H7N5OS. The first-order chi connectivity index (χ1) is 6.22. The number of nitrogens with one attached hydrogen (secondary N) is 2. The van der Waals surface area contributed by atoms with Gasteiger partial charge in [-0.1, -0.05) is 12.8 Å². The summed E-state index contributed by atoms with van der Waals surface area (Å²) in [6.45, 7) is 0. The van der Waals surface area contributed by atoms with Gasteiger partial charge in [0.15, 0.2) is 5.65 Å². The molecule has 6 nitrogen and oxygen atoms in total. The molecule has 2 rings (SSSR count). The molecule has 68 valence electrons. The van der Waals surface area contributed by atoms with E-state index < -0.39 is 0 Å². The van der Waals surface area contributed by atoms with Crippen molar-refractivity contribution in [1.82, 2.24) is 14.6 Å². The second-order valence-corrected chi connectivity index (χ2v) is 2.67. The van der Waals surface area contributed by atoms with E-state index in [0.29, 0.717) is 11.0 Å². The Morgan fingerprint density at radius 2 is 2.46 bits per heavy atom. The van der Waals surface area contributed by atoms with E-state index in [1.165, 1.54) is 4.68 Å². The Hall–Kier alpha value is -1.63. The van der Waals surface area contributed by atoms with Crippen molar-refractivity contribution in [2.45, 2.75) is 0 Å². The minimum atomic E-state index is -0.259. The largest absolute Gasteiger partial charge is 0.369 e. The van der Waals surface area contributed by atoms with Gasteiger partial charge < -0.3 is 5.73 Å². The Balaban J connectivity index is 2.90. The zero-order valence-corrected chi connectivity index (χ0v) is 7.38. The highest BCUT2D eigenvalue weighted by Gasteiger charge is 2.05. The SMILES string of the molecule is Nc1nc2c(ccn2NS)c(=O)[nH]1. The minimum absolute atomic E-state index is 0.0843. The van der Waals surface area contributed by atoms with Crippen LogP contribution in [0, 0.1) is 0 Å². The van der Waals surface area contributed by atoms with E-state index in [1.54, 1.807) is 12.3 Å². The second-order valence-electron chi connectivity index (χ2n) is 2.47. The number of aromatic nitrogens is 3. The van der Waals surface area contributed by atoms with E-state index in [2.05, 4.69) is 27.6 Å². The topological polar surface area (TPSA) is 88.7 Å². The monoisotopic (exact) mass is 197 g/mol. The summed E-state index contributed by atoms with van der Waals surface area (Å²) in [7, 11) is 0. The highest BCUT2D eigenvalue weighted by molar-refractivity contribution is 7.81. The van der Waals surface area contributed by atoms with Crippen LogP contribution in [-0.4, -0.2) is 14.6 Å². The maximum Gasteiger partial charge on any atom is 0.261 e. The van der Waals surface area contributed by atoms with Gasteiger partial charge in [-0.15, -0.1) is 0 Å². The van der Waals surface area contributed by atoms with Gasteiger partial charge in [0.25, 0.3) is 5.56 Å². The molecule has 2 aromatic heterocycles. The fraction of sp³-hybridized carbons (Fsp3) is 0. The number of anilines is 1. The molecule has 0 saturated carbocycles. The molecule has 0 radical (unpaired) electrons. The Labute approximate surface area is 78.3 Å². The van der Waals surface area contributed by atoms with Crippen molar-refractivity contribution < 1.29 is 0 Å². The van der Waals surface area contributed by atoms with Gasteiger partial charge in [-0.05, 0) is 6.07 Å². The lowest BCUT2D eigenvalue weighted by Gasteiger charge is -2.00. The molecule has 7 heteroatoms. The third-order valence-corrected chi connectivity index (χ3v) is 1.90. The smallest absolute Gasteiger partial charge is 0.261 e. The number of nitrogens with zero attached hydrogens (tertiary/aromatic N) is 2. The molecule has 0 bridgehead atoms. The van der Waals surface area contributed by atoms with Crippen LogP contribution >= 0.6 is 12.8 Å².